The minimum absolute atomic E-state index is 0.161. The molecule has 4 rings (SSSR count). The van der Waals surface area contributed by atoms with Gasteiger partial charge >= 0.3 is 0 Å². The molecule has 2 aliphatic rings. The lowest BCUT2D eigenvalue weighted by atomic mass is 9.99. The Kier molecular flexibility index (Phi) is 5.64. The number of pyridine rings is 1. The van der Waals surface area contributed by atoms with E-state index >= 15 is 0 Å². The van der Waals surface area contributed by atoms with Gasteiger partial charge < -0.3 is 19.7 Å². The molecule has 0 aliphatic carbocycles. The van der Waals surface area contributed by atoms with Crippen LogP contribution < -0.4 is 14.8 Å². The van der Waals surface area contributed by atoms with Crippen LogP contribution in [0, 0.1) is 5.92 Å². The number of rotatable bonds is 6. The van der Waals surface area contributed by atoms with E-state index in [0.717, 1.165) is 42.8 Å². The molecule has 0 spiro atoms. The van der Waals surface area contributed by atoms with Gasteiger partial charge in [-0.25, -0.2) is 0 Å². The summed E-state index contributed by atoms with van der Waals surface area (Å²) in [6.45, 7) is 4.13. The van der Waals surface area contributed by atoms with Gasteiger partial charge in [-0.05, 0) is 48.1 Å². The lowest BCUT2D eigenvalue weighted by Crippen LogP contribution is -2.28. The van der Waals surface area contributed by atoms with E-state index < -0.39 is 0 Å². The van der Waals surface area contributed by atoms with Crippen molar-refractivity contribution in [3.63, 3.8) is 0 Å². The molecule has 2 amide bonds. The number of amides is 2. The van der Waals surface area contributed by atoms with Gasteiger partial charge in [-0.2, -0.15) is 0 Å². The van der Waals surface area contributed by atoms with Crippen molar-refractivity contribution < 1.29 is 19.1 Å². The van der Waals surface area contributed by atoms with Crippen molar-refractivity contribution in [3.05, 3.63) is 53.3 Å². The first-order valence-electron chi connectivity index (χ1n) is 10.0. The highest BCUT2D eigenvalue weighted by atomic mass is 16.7. The highest BCUT2D eigenvalue weighted by Crippen LogP contribution is 2.32. The first-order valence-corrected chi connectivity index (χ1v) is 10.0. The molecule has 7 nitrogen and oxygen atoms in total. The summed E-state index contributed by atoms with van der Waals surface area (Å²) in [6, 6.07) is 7.53. The highest BCUT2D eigenvalue weighted by molar-refractivity contribution is 5.94. The van der Waals surface area contributed by atoms with Crippen molar-refractivity contribution >= 4 is 11.8 Å². The van der Waals surface area contributed by atoms with Gasteiger partial charge in [0.05, 0.1) is 5.56 Å². The van der Waals surface area contributed by atoms with E-state index in [2.05, 4.69) is 10.3 Å². The van der Waals surface area contributed by atoms with Crippen molar-refractivity contribution in [2.24, 2.45) is 5.92 Å². The lowest BCUT2D eigenvalue weighted by Gasteiger charge is -2.15. The standard InChI is InChI=1S/C22H25N3O4/c1-2-21(26)25-6-5-16(13-25)7-17-8-18(12-23-10-17)22(27)24-11-15-3-4-19-20(9-15)29-14-28-19/h3-4,8-10,12,16H,2,5-7,11,13-14H2,1H3,(H,24,27). The highest BCUT2D eigenvalue weighted by Gasteiger charge is 2.25. The molecule has 7 heteroatoms. The topological polar surface area (TPSA) is 80.8 Å². The van der Waals surface area contributed by atoms with Crippen LogP contribution in [0.3, 0.4) is 0 Å². The minimum Gasteiger partial charge on any atom is -0.454 e. The Hall–Kier alpha value is -3.09. The van der Waals surface area contributed by atoms with Crippen LogP contribution in [0.25, 0.3) is 0 Å². The van der Waals surface area contributed by atoms with Crippen LogP contribution in [0.5, 0.6) is 11.5 Å². The molecular formula is C22H25N3O4. The fourth-order valence-electron chi connectivity index (χ4n) is 3.84. The normalized spacial score (nSPS) is 17.4. The molecule has 3 heterocycles. The number of ether oxygens (including phenoxy) is 2. The summed E-state index contributed by atoms with van der Waals surface area (Å²) in [7, 11) is 0. The Morgan fingerprint density at radius 2 is 2.03 bits per heavy atom. The van der Waals surface area contributed by atoms with Crippen molar-refractivity contribution in [2.75, 3.05) is 19.9 Å². The van der Waals surface area contributed by atoms with Crippen LogP contribution in [0.4, 0.5) is 0 Å². The average molecular weight is 395 g/mol. The number of nitrogens with one attached hydrogen (secondary N) is 1. The largest absolute Gasteiger partial charge is 0.454 e. The molecule has 1 fully saturated rings. The van der Waals surface area contributed by atoms with E-state index in [1.165, 1.54) is 0 Å². The summed E-state index contributed by atoms with van der Waals surface area (Å²) >= 11 is 0. The number of carbonyl (C=O) groups is 2. The Balaban J connectivity index is 1.33. The number of nitrogens with zero attached hydrogens (tertiary/aromatic N) is 2. The summed E-state index contributed by atoms with van der Waals surface area (Å²) in [5.74, 6) is 1.89. The van der Waals surface area contributed by atoms with Gasteiger partial charge in [0.1, 0.15) is 0 Å². The Morgan fingerprint density at radius 3 is 2.90 bits per heavy atom. The molecule has 1 atom stereocenters. The number of benzene rings is 1. The van der Waals surface area contributed by atoms with E-state index in [1.807, 2.05) is 36.1 Å². The molecule has 152 valence electrons. The Morgan fingerprint density at radius 1 is 1.17 bits per heavy atom. The van der Waals surface area contributed by atoms with Crippen LogP contribution in [-0.4, -0.2) is 41.6 Å². The van der Waals surface area contributed by atoms with Gasteiger partial charge in [-0.3, -0.25) is 14.6 Å². The number of aromatic nitrogens is 1. The molecule has 1 unspecified atom stereocenters. The summed E-state index contributed by atoms with van der Waals surface area (Å²) in [5, 5.41) is 2.93. The monoisotopic (exact) mass is 395 g/mol. The number of hydrogen-bond donors (Lipinski definition) is 1. The van der Waals surface area contributed by atoms with E-state index in [0.29, 0.717) is 30.2 Å². The first kappa shape index (κ1) is 19.2. The average Bonchev–Trinajstić information content (AvgIpc) is 3.40. The molecule has 1 aromatic carbocycles. The van der Waals surface area contributed by atoms with Crippen molar-refractivity contribution in [1.82, 2.24) is 15.2 Å². The third kappa shape index (κ3) is 4.50. The zero-order chi connectivity index (χ0) is 20.2. The molecule has 0 bridgehead atoms. The number of hydrogen-bond acceptors (Lipinski definition) is 5. The van der Waals surface area contributed by atoms with Crippen LogP contribution in [0.2, 0.25) is 0 Å². The predicted molar refractivity (Wildman–Crippen MR) is 107 cm³/mol. The maximum Gasteiger partial charge on any atom is 0.253 e. The fourth-order valence-corrected chi connectivity index (χ4v) is 3.84. The SMILES string of the molecule is CCC(=O)N1CCC(Cc2cncc(C(=O)NCc3ccc4c(c3)OCO4)c2)C1. The number of carbonyl (C=O) groups excluding carboxylic acids is 2. The quantitative estimate of drug-likeness (QED) is 0.813. The van der Waals surface area contributed by atoms with Gasteiger partial charge in [0.25, 0.3) is 5.91 Å². The second-order valence-corrected chi connectivity index (χ2v) is 7.50. The molecule has 0 saturated carbocycles. The second kappa shape index (κ2) is 8.51. The Labute approximate surface area is 170 Å². The fraction of sp³-hybridized carbons (Fsp3) is 0.409. The smallest absolute Gasteiger partial charge is 0.253 e. The summed E-state index contributed by atoms with van der Waals surface area (Å²) in [6.07, 6.45) is 5.75. The lowest BCUT2D eigenvalue weighted by molar-refractivity contribution is -0.129. The van der Waals surface area contributed by atoms with E-state index in [1.54, 1.807) is 12.4 Å². The second-order valence-electron chi connectivity index (χ2n) is 7.50. The summed E-state index contributed by atoms with van der Waals surface area (Å²) < 4.78 is 10.7. The van der Waals surface area contributed by atoms with Gasteiger partial charge in [0, 0.05) is 38.4 Å². The van der Waals surface area contributed by atoms with Gasteiger partial charge in [0.15, 0.2) is 11.5 Å². The summed E-state index contributed by atoms with van der Waals surface area (Å²) in [5.41, 5.74) is 2.51. The van der Waals surface area contributed by atoms with Crippen LogP contribution >= 0.6 is 0 Å². The van der Waals surface area contributed by atoms with Crippen LogP contribution in [0.1, 0.15) is 41.3 Å². The third-order valence-electron chi connectivity index (χ3n) is 5.41. The molecule has 1 aromatic heterocycles. The van der Waals surface area contributed by atoms with E-state index in [4.69, 9.17) is 9.47 Å². The minimum atomic E-state index is -0.161. The van der Waals surface area contributed by atoms with E-state index in [9.17, 15) is 9.59 Å². The molecular weight excluding hydrogens is 370 g/mol. The molecule has 29 heavy (non-hydrogen) atoms. The zero-order valence-corrected chi connectivity index (χ0v) is 16.5. The summed E-state index contributed by atoms with van der Waals surface area (Å²) in [4.78, 5) is 30.6. The zero-order valence-electron chi connectivity index (χ0n) is 16.5. The van der Waals surface area contributed by atoms with Crippen LogP contribution in [0.15, 0.2) is 36.7 Å². The first-order chi connectivity index (χ1) is 14.1. The van der Waals surface area contributed by atoms with Crippen molar-refractivity contribution in [1.29, 1.82) is 0 Å². The maximum absolute atomic E-state index is 12.6. The maximum atomic E-state index is 12.6. The van der Waals surface area contributed by atoms with Gasteiger partial charge in [-0.1, -0.05) is 13.0 Å². The predicted octanol–water partition coefficient (Wildman–Crippen LogP) is 2.54. The number of fused-ring (bicyclic) bond motifs is 1. The van der Waals surface area contributed by atoms with Gasteiger partial charge in [-0.15, -0.1) is 0 Å². The third-order valence-corrected chi connectivity index (χ3v) is 5.41. The van der Waals surface area contributed by atoms with Gasteiger partial charge in [0.2, 0.25) is 12.7 Å². The Bertz CT molecular complexity index is 915. The van der Waals surface area contributed by atoms with Crippen molar-refractivity contribution in [2.45, 2.75) is 32.7 Å². The van der Waals surface area contributed by atoms with E-state index in [-0.39, 0.29) is 18.6 Å². The number of likely N-dealkylation sites (tertiary alicyclic amines) is 1. The molecule has 2 aromatic rings. The van der Waals surface area contributed by atoms with Crippen molar-refractivity contribution in [3.8, 4) is 11.5 Å². The molecule has 0 radical (unpaired) electrons. The molecule has 1 saturated heterocycles. The molecule has 2 aliphatic heterocycles. The molecule has 1 N–H and O–H groups in total. The van der Waals surface area contributed by atoms with Crippen LogP contribution in [-0.2, 0) is 17.8 Å².